The second kappa shape index (κ2) is 8.65. The number of aliphatic hydroxyl groups excluding tert-OH is 1. The van der Waals surface area contributed by atoms with Gasteiger partial charge >= 0.3 is 0 Å². The van der Waals surface area contributed by atoms with Crippen molar-refractivity contribution in [2.45, 2.75) is 44.2 Å². The monoisotopic (exact) mass is 431 g/mol. The summed E-state index contributed by atoms with van der Waals surface area (Å²) in [5.74, 6) is 1.66. The molecule has 0 saturated heterocycles. The molecule has 1 aliphatic carbocycles. The number of fused-ring (bicyclic) bond motifs is 1. The molecule has 30 heavy (non-hydrogen) atoms. The second-order valence-corrected chi connectivity index (χ2v) is 8.35. The molecule has 4 rings (SSSR count). The number of anilines is 4. The number of nitrogens with zero attached hydrogens (tertiary/aromatic N) is 4. The van der Waals surface area contributed by atoms with Gasteiger partial charge < -0.3 is 20.1 Å². The topological polar surface area (TPSA) is 90.8 Å². The van der Waals surface area contributed by atoms with Gasteiger partial charge in [-0.15, -0.1) is 0 Å². The van der Waals surface area contributed by atoms with Crippen LogP contribution in [-0.2, 0) is 11.2 Å². The van der Waals surface area contributed by atoms with Gasteiger partial charge in [0, 0.05) is 32.6 Å². The van der Waals surface area contributed by atoms with Crippen molar-refractivity contribution in [3.8, 4) is 5.75 Å². The number of rotatable bonds is 6. The Labute approximate surface area is 180 Å². The van der Waals surface area contributed by atoms with Crippen molar-refractivity contribution in [3.05, 3.63) is 28.9 Å². The Kier molecular flexibility index (Phi) is 5.97. The average molecular weight is 432 g/mol. The van der Waals surface area contributed by atoms with Crippen molar-refractivity contribution >= 4 is 41.2 Å². The first-order valence-electron chi connectivity index (χ1n) is 10.1. The zero-order chi connectivity index (χ0) is 21.3. The summed E-state index contributed by atoms with van der Waals surface area (Å²) in [4.78, 5) is 24.6. The molecule has 1 aromatic heterocycles. The van der Waals surface area contributed by atoms with Crippen LogP contribution >= 0.6 is 11.6 Å². The zero-order valence-corrected chi connectivity index (χ0v) is 17.9. The van der Waals surface area contributed by atoms with Gasteiger partial charge in [-0.3, -0.25) is 9.69 Å². The van der Waals surface area contributed by atoms with Crippen LogP contribution in [0.4, 0.5) is 23.1 Å². The highest BCUT2D eigenvalue weighted by Crippen LogP contribution is 2.36. The zero-order valence-electron chi connectivity index (χ0n) is 17.1. The fourth-order valence-corrected chi connectivity index (χ4v) is 4.25. The lowest BCUT2D eigenvalue weighted by Crippen LogP contribution is -2.40. The summed E-state index contributed by atoms with van der Waals surface area (Å²) in [6.07, 6.45) is 5.90. The molecule has 2 aliphatic rings. The first-order chi connectivity index (χ1) is 14.5. The number of aromatic nitrogens is 2. The minimum absolute atomic E-state index is 0.103. The maximum atomic E-state index is 12.0. The van der Waals surface area contributed by atoms with E-state index in [-0.39, 0.29) is 6.04 Å². The highest BCUT2D eigenvalue weighted by molar-refractivity contribution is 6.33. The fraction of sp³-hybridized carbons (Fsp3) is 0.476. The van der Waals surface area contributed by atoms with Gasteiger partial charge in [-0.05, 0) is 37.3 Å². The van der Waals surface area contributed by atoms with Gasteiger partial charge in [0.15, 0.2) is 5.82 Å². The lowest BCUT2D eigenvalue weighted by Gasteiger charge is -2.34. The van der Waals surface area contributed by atoms with Gasteiger partial charge in [-0.2, -0.15) is 4.98 Å². The first-order valence-corrected chi connectivity index (χ1v) is 10.5. The van der Waals surface area contributed by atoms with Gasteiger partial charge in [0.05, 0.1) is 35.3 Å². The van der Waals surface area contributed by atoms with Gasteiger partial charge in [0.2, 0.25) is 12.4 Å². The summed E-state index contributed by atoms with van der Waals surface area (Å²) in [5, 5.41) is 13.8. The lowest BCUT2D eigenvalue weighted by molar-refractivity contribution is -0.108. The Bertz CT molecular complexity index is 939. The van der Waals surface area contributed by atoms with Gasteiger partial charge in [0.1, 0.15) is 5.75 Å². The minimum Gasteiger partial charge on any atom is -0.493 e. The Morgan fingerprint density at radius 2 is 2.17 bits per heavy atom. The lowest BCUT2D eigenvalue weighted by atomic mass is 9.92. The maximum Gasteiger partial charge on any atom is 0.229 e. The Hall–Kier alpha value is -2.58. The SMILES string of the molecule is CN(C)c1cnc(Nc2cc3c(cc2Cl)OCC3)nc1N(C=O)C1CCCC(O)C1. The number of nitrogens with one attached hydrogen (secondary N) is 1. The predicted molar refractivity (Wildman–Crippen MR) is 117 cm³/mol. The van der Waals surface area contributed by atoms with E-state index in [4.69, 9.17) is 16.3 Å². The third kappa shape index (κ3) is 4.15. The van der Waals surface area contributed by atoms with Crippen molar-refractivity contribution in [2.24, 2.45) is 0 Å². The van der Waals surface area contributed by atoms with Crippen molar-refractivity contribution in [3.63, 3.8) is 0 Å². The molecule has 0 bridgehead atoms. The highest BCUT2D eigenvalue weighted by atomic mass is 35.5. The van der Waals surface area contributed by atoms with E-state index in [1.54, 1.807) is 17.2 Å². The van der Waals surface area contributed by atoms with E-state index < -0.39 is 6.10 Å². The number of carbonyl (C=O) groups excluding carboxylic acids is 1. The summed E-state index contributed by atoms with van der Waals surface area (Å²) in [7, 11) is 3.76. The molecule has 1 aromatic carbocycles. The van der Waals surface area contributed by atoms with Gasteiger partial charge in [0.25, 0.3) is 0 Å². The van der Waals surface area contributed by atoms with E-state index in [1.165, 1.54) is 0 Å². The molecule has 2 aromatic rings. The third-order valence-corrected chi connectivity index (χ3v) is 5.94. The summed E-state index contributed by atoms with van der Waals surface area (Å²) in [6, 6.07) is 3.64. The molecule has 9 heteroatoms. The maximum absolute atomic E-state index is 12.0. The Balaban J connectivity index is 1.67. The average Bonchev–Trinajstić information content (AvgIpc) is 3.16. The quantitative estimate of drug-likeness (QED) is 0.679. The van der Waals surface area contributed by atoms with Crippen LogP contribution in [0.5, 0.6) is 5.75 Å². The number of amides is 1. The number of benzene rings is 1. The van der Waals surface area contributed by atoms with Crippen LogP contribution in [0.1, 0.15) is 31.2 Å². The normalized spacial score (nSPS) is 20.3. The van der Waals surface area contributed by atoms with Crippen LogP contribution in [0, 0.1) is 0 Å². The number of aliphatic hydroxyl groups is 1. The van der Waals surface area contributed by atoms with E-state index in [9.17, 15) is 9.90 Å². The first kappa shape index (κ1) is 20.7. The summed E-state index contributed by atoms with van der Waals surface area (Å²) in [5.41, 5.74) is 2.49. The molecule has 0 spiro atoms. The Morgan fingerprint density at radius 1 is 1.33 bits per heavy atom. The van der Waals surface area contributed by atoms with Crippen molar-refractivity contribution in [2.75, 3.05) is 35.8 Å². The van der Waals surface area contributed by atoms with Gasteiger partial charge in [-0.1, -0.05) is 11.6 Å². The van der Waals surface area contributed by atoms with Gasteiger partial charge in [-0.25, -0.2) is 4.98 Å². The van der Waals surface area contributed by atoms with E-state index in [2.05, 4.69) is 15.3 Å². The number of ether oxygens (including phenoxy) is 1. The minimum atomic E-state index is -0.402. The smallest absolute Gasteiger partial charge is 0.229 e. The molecule has 1 aliphatic heterocycles. The summed E-state index contributed by atoms with van der Waals surface area (Å²) >= 11 is 6.41. The van der Waals surface area contributed by atoms with Crippen LogP contribution in [0.3, 0.4) is 0 Å². The molecule has 1 fully saturated rings. The van der Waals surface area contributed by atoms with E-state index in [0.29, 0.717) is 35.5 Å². The molecular formula is C21H26ClN5O3. The summed E-state index contributed by atoms with van der Waals surface area (Å²) < 4.78 is 5.55. The second-order valence-electron chi connectivity index (χ2n) is 7.95. The van der Waals surface area contributed by atoms with Crippen molar-refractivity contribution in [1.29, 1.82) is 0 Å². The van der Waals surface area contributed by atoms with E-state index in [1.807, 2.05) is 25.1 Å². The van der Waals surface area contributed by atoms with Crippen LogP contribution in [0.2, 0.25) is 5.02 Å². The molecule has 8 nitrogen and oxygen atoms in total. The molecule has 1 saturated carbocycles. The van der Waals surface area contributed by atoms with E-state index in [0.717, 1.165) is 49.1 Å². The molecular weight excluding hydrogens is 406 g/mol. The number of carbonyl (C=O) groups is 1. The summed E-state index contributed by atoms with van der Waals surface area (Å²) in [6.45, 7) is 0.648. The van der Waals surface area contributed by atoms with Crippen molar-refractivity contribution in [1.82, 2.24) is 9.97 Å². The van der Waals surface area contributed by atoms with Crippen molar-refractivity contribution < 1.29 is 14.6 Å². The highest BCUT2D eigenvalue weighted by Gasteiger charge is 2.29. The fourth-order valence-electron chi connectivity index (χ4n) is 4.05. The molecule has 160 valence electrons. The molecule has 2 heterocycles. The Morgan fingerprint density at radius 3 is 2.90 bits per heavy atom. The number of hydrogen-bond donors (Lipinski definition) is 2. The predicted octanol–water partition coefficient (Wildman–Crippen LogP) is 3.14. The standard InChI is InChI=1S/C21H26ClN5O3/c1-26(2)18-11-23-21(24-17-8-13-6-7-30-19(13)10-16(17)22)25-20(18)27(12-28)14-4-3-5-15(29)9-14/h8,10-12,14-15,29H,3-7,9H2,1-2H3,(H,23,24,25). The molecule has 0 radical (unpaired) electrons. The molecule has 2 atom stereocenters. The largest absolute Gasteiger partial charge is 0.493 e. The van der Waals surface area contributed by atoms with Crippen LogP contribution < -0.4 is 19.9 Å². The molecule has 2 unspecified atom stereocenters. The number of halogens is 1. The van der Waals surface area contributed by atoms with Crippen LogP contribution in [0.25, 0.3) is 0 Å². The van der Waals surface area contributed by atoms with Crippen LogP contribution in [0.15, 0.2) is 18.3 Å². The molecule has 1 amide bonds. The van der Waals surface area contributed by atoms with Crippen LogP contribution in [-0.4, -0.2) is 54.3 Å². The third-order valence-electron chi connectivity index (χ3n) is 5.63. The molecule has 2 N–H and O–H groups in total. The van der Waals surface area contributed by atoms with E-state index >= 15 is 0 Å². The number of hydrogen-bond acceptors (Lipinski definition) is 7.